The quantitative estimate of drug-likeness (QED) is 0.754. The Morgan fingerprint density at radius 2 is 1.83 bits per heavy atom. The number of aliphatic carboxylic acids is 1. The van der Waals surface area contributed by atoms with Gasteiger partial charge in [-0.2, -0.15) is 0 Å². The van der Waals surface area contributed by atoms with E-state index in [4.69, 9.17) is 14.6 Å². The predicted molar refractivity (Wildman–Crippen MR) is 86.9 cm³/mol. The van der Waals surface area contributed by atoms with E-state index >= 15 is 0 Å². The highest BCUT2D eigenvalue weighted by Crippen LogP contribution is 2.28. The van der Waals surface area contributed by atoms with E-state index in [9.17, 15) is 9.59 Å². The van der Waals surface area contributed by atoms with Gasteiger partial charge in [0.1, 0.15) is 6.54 Å². The van der Waals surface area contributed by atoms with Gasteiger partial charge in [-0.1, -0.05) is 19.9 Å². The van der Waals surface area contributed by atoms with E-state index in [-0.39, 0.29) is 24.8 Å². The number of carboxylic acids is 1. The number of amides is 1. The Labute approximate surface area is 137 Å². The third-order valence-electron chi connectivity index (χ3n) is 3.34. The Bertz CT molecular complexity index is 542. The maximum absolute atomic E-state index is 12.3. The lowest BCUT2D eigenvalue weighted by Gasteiger charge is -2.22. The average Bonchev–Trinajstić information content (AvgIpc) is 2.50. The fraction of sp³-hybridized carbons (Fsp3) is 0.529. The molecule has 0 aliphatic carbocycles. The Balaban J connectivity index is 2.70. The molecule has 23 heavy (non-hydrogen) atoms. The third-order valence-corrected chi connectivity index (χ3v) is 3.34. The maximum Gasteiger partial charge on any atom is 0.323 e. The summed E-state index contributed by atoms with van der Waals surface area (Å²) in [6.45, 7) is 4.09. The molecule has 0 unspecified atom stereocenters. The van der Waals surface area contributed by atoms with E-state index in [1.807, 2.05) is 26.0 Å². The molecule has 0 aliphatic rings. The van der Waals surface area contributed by atoms with Crippen LogP contribution in [0.2, 0.25) is 0 Å². The second kappa shape index (κ2) is 9.02. The van der Waals surface area contributed by atoms with E-state index in [0.717, 1.165) is 5.56 Å². The first-order valence-corrected chi connectivity index (χ1v) is 7.57. The summed E-state index contributed by atoms with van der Waals surface area (Å²) in [5, 5.41) is 8.93. The normalized spacial score (nSPS) is 10.5. The molecule has 0 fully saturated rings. The van der Waals surface area contributed by atoms with Crippen LogP contribution in [0.15, 0.2) is 18.2 Å². The number of ether oxygens (including phenoxy) is 2. The molecule has 1 N–H and O–H groups in total. The second-order valence-corrected chi connectivity index (χ2v) is 5.75. The minimum Gasteiger partial charge on any atom is -0.493 e. The molecule has 1 aromatic carbocycles. The SMILES string of the molecule is COc1ccc(CCC(=O)N(CC(=O)O)CC(C)C)cc1OC. The number of nitrogens with zero attached hydrogens (tertiary/aromatic N) is 1. The van der Waals surface area contributed by atoms with Gasteiger partial charge in [-0.3, -0.25) is 9.59 Å². The molecular formula is C17H25NO5. The Morgan fingerprint density at radius 1 is 1.17 bits per heavy atom. The van der Waals surface area contributed by atoms with Crippen molar-refractivity contribution in [3.8, 4) is 11.5 Å². The van der Waals surface area contributed by atoms with Crippen molar-refractivity contribution in [2.75, 3.05) is 27.3 Å². The van der Waals surface area contributed by atoms with E-state index in [1.165, 1.54) is 4.90 Å². The van der Waals surface area contributed by atoms with Gasteiger partial charge < -0.3 is 19.5 Å². The van der Waals surface area contributed by atoms with Crippen LogP contribution in [0.3, 0.4) is 0 Å². The minimum absolute atomic E-state index is 0.157. The zero-order valence-corrected chi connectivity index (χ0v) is 14.2. The van der Waals surface area contributed by atoms with Crippen LogP contribution in [0, 0.1) is 5.92 Å². The molecule has 0 heterocycles. The topological polar surface area (TPSA) is 76.1 Å². The highest BCUT2D eigenvalue weighted by atomic mass is 16.5. The van der Waals surface area contributed by atoms with E-state index < -0.39 is 5.97 Å². The number of carbonyl (C=O) groups is 2. The number of carboxylic acid groups (broad SMARTS) is 1. The minimum atomic E-state index is -0.995. The fourth-order valence-electron chi connectivity index (χ4n) is 2.30. The largest absolute Gasteiger partial charge is 0.493 e. The Hall–Kier alpha value is -2.24. The first kappa shape index (κ1) is 18.8. The van der Waals surface area contributed by atoms with E-state index in [2.05, 4.69) is 0 Å². The Kier molecular flexibility index (Phi) is 7.38. The van der Waals surface area contributed by atoms with Crippen molar-refractivity contribution in [3.05, 3.63) is 23.8 Å². The molecule has 0 spiro atoms. The van der Waals surface area contributed by atoms with Gasteiger partial charge in [0.25, 0.3) is 0 Å². The molecule has 0 saturated heterocycles. The van der Waals surface area contributed by atoms with Crippen LogP contribution < -0.4 is 9.47 Å². The van der Waals surface area contributed by atoms with Gasteiger partial charge in [0.2, 0.25) is 5.91 Å². The molecule has 0 aliphatic heterocycles. The molecule has 1 rings (SSSR count). The van der Waals surface area contributed by atoms with Gasteiger partial charge in [-0.15, -0.1) is 0 Å². The summed E-state index contributed by atoms with van der Waals surface area (Å²) in [6.07, 6.45) is 0.781. The van der Waals surface area contributed by atoms with Crippen LogP contribution in [0.4, 0.5) is 0 Å². The molecule has 0 radical (unpaired) electrons. The first-order chi connectivity index (χ1) is 10.9. The maximum atomic E-state index is 12.3. The molecule has 6 nitrogen and oxygen atoms in total. The molecule has 1 amide bonds. The molecule has 1 aromatic rings. The number of hydrogen-bond donors (Lipinski definition) is 1. The van der Waals surface area contributed by atoms with Gasteiger partial charge in [-0.25, -0.2) is 0 Å². The van der Waals surface area contributed by atoms with Gasteiger partial charge in [0, 0.05) is 13.0 Å². The number of carbonyl (C=O) groups excluding carboxylic acids is 1. The molecule has 0 bridgehead atoms. The van der Waals surface area contributed by atoms with Crippen molar-refractivity contribution in [1.29, 1.82) is 0 Å². The van der Waals surface area contributed by atoms with Crippen LogP contribution in [-0.4, -0.2) is 49.2 Å². The lowest BCUT2D eigenvalue weighted by molar-refractivity contribution is -0.144. The summed E-state index contributed by atoms with van der Waals surface area (Å²) in [6, 6.07) is 5.50. The molecule has 0 saturated carbocycles. The third kappa shape index (κ3) is 6.18. The van der Waals surface area contributed by atoms with Crippen LogP contribution in [0.1, 0.15) is 25.8 Å². The summed E-state index contributed by atoms with van der Waals surface area (Å²) >= 11 is 0. The Morgan fingerprint density at radius 3 is 2.35 bits per heavy atom. The van der Waals surface area contributed by atoms with Gasteiger partial charge >= 0.3 is 5.97 Å². The molecule has 128 valence electrons. The van der Waals surface area contributed by atoms with Crippen molar-refractivity contribution in [1.82, 2.24) is 4.90 Å². The van der Waals surface area contributed by atoms with Crippen molar-refractivity contribution < 1.29 is 24.2 Å². The zero-order chi connectivity index (χ0) is 17.4. The van der Waals surface area contributed by atoms with E-state index in [0.29, 0.717) is 24.5 Å². The zero-order valence-electron chi connectivity index (χ0n) is 14.2. The van der Waals surface area contributed by atoms with Crippen LogP contribution in [0.25, 0.3) is 0 Å². The number of rotatable bonds is 9. The second-order valence-electron chi connectivity index (χ2n) is 5.75. The molecule has 0 atom stereocenters. The summed E-state index contributed by atoms with van der Waals surface area (Å²) in [7, 11) is 3.13. The highest BCUT2D eigenvalue weighted by Gasteiger charge is 2.18. The lowest BCUT2D eigenvalue weighted by atomic mass is 10.1. The van der Waals surface area contributed by atoms with Crippen molar-refractivity contribution >= 4 is 11.9 Å². The predicted octanol–water partition coefficient (Wildman–Crippen LogP) is 2.21. The summed E-state index contributed by atoms with van der Waals surface area (Å²) in [4.78, 5) is 24.6. The lowest BCUT2D eigenvalue weighted by Crippen LogP contribution is -2.38. The number of hydrogen-bond acceptors (Lipinski definition) is 4. The average molecular weight is 323 g/mol. The van der Waals surface area contributed by atoms with Crippen molar-refractivity contribution in [2.24, 2.45) is 5.92 Å². The summed E-state index contributed by atoms with van der Waals surface area (Å²) in [5.41, 5.74) is 0.941. The fourth-order valence-corrected chi connectivity index (χ4v) is 2.30. The van der Waals surface area contributed by atoms with Crippen LogP contribution in [-0.2, 0) is 16.0 Å². The smallest absolute Gasteiger partial charge is 0.323 e. The molecule has 0 aromatic heterocycles. The molecular weight excluding hydrogens is 298 g/mol. The van der Waals surface area contributed by atoms with Gasteiger partial charge in [0.15, 0.2) is 11.5 Å². The number of benzene rings is 1. The molecule has 6 heteroatoms. The van der Waals surface area contributed by atoms with Gasteiger partial charge in [-0.05, 0) is 30.0 Å². The highest BCUT2D eigenvalue weighted by molar-refractivity contribution is 5.81. The standard InChI is InChI=1S/C17H25NO5/c1-12(2)10-18(11-17(20)21)16(19)8-6-13-5-7-14(22-3)15(9-13)23-4/h5,7,9,12H,6,8,10-11H2,1-4H3,(H,20,21). The van der Waals surface area contributed by atoms with Crippen LogP contribution >= 0.6 is 0 Å². The number of aryl methyl sites for hydroxylation is 1. The summed E-state index contributed by atoms with van der Waals surface area (Å²) in [5.74, 6) is 0.317. The van der Waals surface area contributed by atoms with E-state index in [1.54, 1.807) is 20.3 Å². The first-order valence-electron chi connectivity index (χ1n) is 7.57. The van der Waals surface area contributed by atoms with Gasteiger partial charge in [0.05, 0.1) is 14.2 Å². The van der Waals surface area contributed by atoms with Crippen molar-refractivity contribution in [2.45, 2.75) is 26.7 Å². The van der Waals surface area contributed by atoms with Crippen LogP contribution in [0.5, 0.6) is 11.5 Å². The van der Waals surface area contributed by atoms with Crippen molar-refractivity contribution in [3.63, 3.8) is 0 Å². The summed E-state index contributed by atoms with van der Waals surface area (Å²) < 4.78 is 10.4. The monoisotopic (exact) mass is 323 g/mol. The number of methoxy groups -OCH3 is 2.